The van der Waals surface area contributed by atoms with Gasteiger partial charge in [-0.25, -0.2) is 0 Å². The number of hydrogen-bond acceptors (Lipinski definition) is 1. The maximum absolute atomic E-state index is 6.03. The maximum Gasteiger partial charge on any atom is 0.0452 e. The van der Waals surface area contributed by atoms with Crippen LogP contribution >= 0.6 is 23.2 Å². The van der Waals surface area contributed by atoms with Gasteiger partial charge in [-0.1, -0.05) is 29.3 Å². The van der Waals surface area contributed by atoms with Gasteiger partial charge in [0.15, 0.2) is 0 Å². The van der Waals surface area contributed by atoms with Gasteiger partial charge in [0.1, 0.15) is 0 Å². The quantitative estimate of drug-likeness (QED) is 0.842. The molecule has 0 bridgehead atoms. The number of halogens is 2. The molecule has 1 atom stereocenters. The van der Waals surface area contributed by atoms with Crippen LogP contribution < -0.4 is 5.73 Å². The number of aryl methyl sites for hydroxylation is 1. The van der Waals surface area contributed by atoms with Crippen LogP contribution in [0.3, 0.4) is 0 Å². The molecule has 1 nitrogen and oxygen atoms in total. The van der Waals surface area contributed by atoms with E-state index in [9.17, 15) is 0 Å². The van der Waals surface area contributed by atoms with Gasteiger partial charge in [-0.3, -0.25) is 0 Å². The van der Waals surface area contributed by atoms with Gasteiger partial charge >= 0.3 is 0 Å². The Balaban J connectivity index is 2.51. The lowest BCUT2D eigenvalue weighted by molar-refractivity contribution is 0.624. The molecule has 0 aliphatic heterocycles. The van der Waals surface area contributed by atoms with Gasteiger partial charge in [-0.2, -0.15) is 0 Å². The van der Waals surface area contributed by atoms with E-state index < -0.39 is 0 Å². The van der Waals surface area contributed by atoms with E-state index in [0.29, 0.717) is 5.02 Å². The minimum atomic E-state index is 0.265. The summed E-state index contributed by atoms with van der Waals surface area (Å²) in [7, 11) is 0. The highest BCUT2D eigenvalue weighted by molar-refractivity contribution is 6.35. The normalized spacial score (nSPS) is 12.9. The van der Waals surface area contributed by atoms with E-state index in [1.807, 2.05) is 19.1 Å². The molecule has 1 unspecified atom stereocenters. The third kappa shape index (κ3) is 3.87. The lowest BCUT2D eigenvalue weighted by atomic mass is 10.1. The lowest BCUT2D eigenvalue weighted by Crippen LogP contribution is -2.14. The largest absolute Gasteiger partial charge is 0.328 e. The second kappa shape index (κ2) is 5.59. The van der Waals surface area contributed by atoms with Crippen molar-refractivity contribution < 1.29 is 0 Å². The van der Waals surface area contributed by atoms with Crippen molar-refractivity contribution in [3.8, 4) is 0 Å². The molecule has 0 amide bonds. The fraction of sp³-hybridized carbons (Fsp3) is 0.455. The summed E-state index contributed by atoms with van der Waals surface area (Å²) < 4.78 is 0. The van der Waals surface area contributed by atoms with Gasteiger partial charge < -0.3 is 5.73 Å². The molecule has 0 aliphatic rings. The molecule has 1 rings (SSSR count). The molecule has 2 N–H and O–H groups in total. The molecular weight excluding hydrogens is 217 g/mol. The first-order valence-electron chi connectivity index (χ1n) is 4.79. The summed E-state index contributed by atoms with van der Waals surface area (Å²) in [5.41, 5.74) is 6.81. The highest BCUT2D eigenvalue weighted by atomic mass is 35.5. The second-order valence-electron chi connectivity index (χ2n) is 3.61. The van der Waals surface area contributed by atoms with Crippen LogP contribution in [-0.4, -0.2) is 6.04 Å². The van der Waals surface area contributed by atoms with Gasteiger partial charge in [0.25, 0.3) is 0 Å². The number of nitrogens with two attached hydrogens (primary N) is 1. The van der Waals surface area contributed by atoms with Crippen molar-refractivity contribution in [2.75, 3.05) is 0 Å². The smallest absolute Gasteiger partial charge is 0.0452 e. The summed E-state index contributed by atoms with van der Waals surface area (Å²) >= 11 is 11.8. The van der Waals surface area contributed by atoms with Crippen LogP contribution in [0.25, 0.3) is 0 Å². The molecule has 0 saturated carbocycles. The molecule has 1 aromatic carbocycles. The van der Waals surface area contributed by atoms with Crippen molar-refractivity contribution in [3.05, 3.63) is 33.8 Å². The molecule has 14 heavy (non-hydrogen) atoms. The van der Waals surface area contributed by atoms with Crippen LogP contribution in [0.1, 0.15) is 25.3 Å². The Labute approximate surface area is 95.2 Å². The van der Waals surface area contributed by atoms with Crippen LogP contribution in [0.15, 0.2) is 18.2 Å². The van der Waals surface area contributed by atoms with E-state index in [2.05, 4.69) is 0 Å². The molecule has 0 fully saturated rings. The molecular formula is C11H15Cl2N. The summed E-state index contributed by atoms with van der Waals surface area (Å²) in [4.78, 5) is 0. The van der Waals surface area contributed by atoms with Crippen LogP contribution in [0.4, 0.5) is 0 Å². The SMILES string of the molecule is CC(N)CCCc1ccc(Cl)cc1Cl. The van der Waals surface area contributed by atoms with Crippen molar-refractivity contribution in [3.63, 3.8) is 0 Å². The molecule has 0 aromatic heterocycles. The van der Waals surface area contributed by atoms with E-state index in [0.717, 1.165) is 29.8 Å². The Morgan fingerprint density at radius 3 is 2.64 bits per heavy atom. The van der Waals surface area contributed by atoms with E-state index in [-0.39, 0.29) is 6.04 Å². The Kier molecular flexibility index (Phi) is 4.73. The molecule has 3 heteroatoms. The fourth-order valence-corrected chi connectivity index (χ4v) is 1.84. The minimum absolute atomic E-state index is 0.265. The van der Waals surface area contributed by atoms with Gasteiger partial charge in [0, 0.05) is 16.1 Å². The molecule has 0 aliphatic carbocycles. The van der Waals surface area contributed by atoms with Crippen LogP contribution in [0, 0.1) is 0 Å². The van der Waals surface area contributed by atoms with E-state index >= 15 is 0 Å². The molecule has 1 aromatic rings. The maximum atomic E-state index is 6.03. The third-order valence-corrected chi connectivity index (χ3v) is 2.71. The van der Waals surface area contributed by atoms with Crippen LogP contribution in [0.5, 0.6) is 0 Å². The minimum Gasteiger partial charge on any atom is -0.328 e. The second-order valence-corrected chi connectivity index (χ2v) is 4.45. The zero-order valence-electron chi connectivity index (χ0n) is 8.26. The van der Waals surface area contributed by atoms with Gasteiger partial charge in [-0.15, -0.1) is 0 Å². The first-order chi connectivity index (χ1) is 6.59. The third-order valence-electron chi connectivity index (χ3n) is 2.12. The van der Waals surface area contributed by atoms with E-state index in [1.165, 1.54) is 0 Å². The Morgan fingerprint density at radius 2 is 2.07 bits per heavy atom. The summed E-state index contributed by atoms with van der Waals surface area (Å²) in [5, 5.41) is 1.44. The Bertz CT molecular complexity index is 297. The van der Waals surface area contributed by atoms with Crippen molar-refractivity contribution in [1.29, 1.82) is 0 Å². The topological polar surface area (TPSA) is 26.0 Å². The van der Waals surface area contributed by atoms with Crippen molar-refractivity contribution in [1.82, 2.24) is 0 Å². The van der Waals surface area contributed by atoms with Crippen molar-refractivity contribution >= 4 is 23.2 Å². The summed E-state index contributed by atoms with van der Waals surface area (Å²) in [6.07, 6.45) is 3.06. The summed E-state index contributed by atoms with van der Waals surface area (Å²) in [6.45, 7) is 2.02. The predicted octanol–water partition coefficient (Wildman–Crippen LogP) is 3.66. The van der Waals surface area contributed by atoms with E-state index in [1.54, 1.807) is 6.07 Å². The zero-order valence-corrected chi connectivity index (χ0v) is 9.78. The van der Waals surface area contributed by atoms with Crippen LogP contribution in [-0.2, 0) is 6.42 Å². The van der Waals surface area contributed by atoms with Gasteiger partial charge in [-0.05, 0) is 43.9 Å². The van der Waals surface area contributed by atoms with Crippen molar-refractivity contribution in [2.24, 2.45) is 5.73 Å². The van der Waals surface area contributed by atoms with Gasteiger partial charge in [0.05, 0.1) is 0 Å². The first-order valence-corrected chi connectivity index (χ1v) is 5.54. The highest BCUT2D eigenvalue weighted by Gasteiger charge is 2.01. The van der Waals surface area contributed by atoms with E-state index in [4.69, 9.17) is 28.9 Å². The monoisotopic (exact) mass is 231 g/mol. The van der Waals surface area contributed by atoms with Gasteiger partial charge in [0.2, 0.25) is 0 Å². The average Bonchev–Trinajstić information content (AvgIpc) is 2.08. The first kappa shape index (κ1) is 11.8. The number of rotatable bonds is 4. The molecule has 0 saturated heterocycles. The lowest BCUT2D eigenvalue weighted by Gasteiger charge is -2.06. The molecule has 0 radical (unpaired) electrons. The van der Waals surface area contributed by atoms with Crippen molar-refractivity contribution in [2.45, 2.75) is 32.2 Å². The summed E-state index contributed by atoms with van der Waals surface area (Å²) in [6, 6.07) is 5.89. The summed E-state index contributed by atoms with van der Waals surface area (Å²) in [5.74, 6) is 0. The molecule has 78 valence electrons. The molecule has 0 heterocycles. The Morgan fingerprint density at radius 1 is 1.36 bits per heavy atom. The Hall–Kier alpha value is -0.240. The predicted molar refractivity (Wildman–Crippen MR) is 63.0 cm³/mol. The highest BCUT2D eigenvalue weighted by Crippen LogP contribution is 2.22. The number of hydrogen-bond donors (Lipinski definition) is 1. The van der Waals surface area contributed by atoms with Crippen LogP contribution in [0.2, 0.25) is 10.0 Å². The average molecular weight is 232 g/mol. The molecule has 0 spiro atoms. The fourth-order valence-electron chi connectivity index (χ4n) is 1.34. The zero-order chi connectivity index (χ0) is 10.6. The standard InChI is InChI=1S/C11H15Cl2N/c1-8(14)3-2-4-9-5-6-10(12)7-11(9)13/h5-8H,2-4,14H2,1H3. The number of benzene rings is 1.